The maximum atomic E-state index is 11.7. The van der Waals surface area contributed by atoms with Crippen LogP contribution in [-0.4, -0.2) is 37.7 Å². The average molecular weight is 252 g/mol. The quantitative estimate of drug-likeness (QED) is 0.666. The van der Waals surface area contributed by atoms with E-state index in [1.807, 2.05) is 6.92 Å². The average Bonchev–Trinajstić information content (AvgIpc) is 2.39. The summed E-state index contributed by atoms with van der Waals surface area (Å²) in [6.45, 7) is 4.55. The van der Waals surface area contributed by atoms with Gasteiger partial charge in [0, 0.05) is 18.9 Å². The summed E-state index contributed by atoms with van der Waals surface area (Å²) in [5.74, 6) is 2.61. The van der Waals surface area contributed by atoms with E-state index in [1.54, 1.807) is 0 Å². The lowest BCUT2D eigenvalue weighted by molar-refractivity contribution is -0.123. The first-order valence-corrected chi connectivity index (χ1v) is 6.81. The molecule has 0 aromatic carbocycles. The first-order chi connectivity index (χ1) is 8.76. The molecule has 1 unspecified atom stereocenters. The van der Waals surface area contributed by atoms with E-state index in [9.17, 15) is 4.79 Å². The van der Waals surface area contributed by atoms with Crippen LogP contribution in [0.2, 0.25) is 0 Å². The Bertz CT molecular complexity index is 280. The Labute approximate surface area is 110 Å². The van der Waals surface area contributed by atoms with Crippen LogP contribution in [0.4, 0.5) is 0 Å². The van der Waals surface area contributed by atoms with Gasteiger partial charge in [0.2, 0.25) is 5.91 Å². The zero-order chi connectivity index (χ0) is 13.2. The molecule has 1 atom stereocenters. The summed E-state index contributed by atoms with van der Waals surface area (Å²) in [6.07, 6.45) is 9.52. The predicted octanol–water partition coefficient (Wildman–Crippen LogP) is 1.06. The second-order valence-corrected chi connectivity index (χ2v) is 4.65. The maximum Gasteiger partial charge on any atom is 0.222 e. The minimum Gasteiger partial charge on any atom is -0.378 e. The smallest absolute Gasteiger partial charge is 0.222 e. The van der Waals surface area contributed by atoms with Crippen LogP contribution in [0.25, 0.3) is 0 Å². The first kappa shape index (κ1) is 15.0. The van der Waals surface area contributed by atoms with Crippen molar-refractivity contribution in [1.29, 1.82) is 0 Å². The van der Waals surface area contributed by atoms with Gasteiger partial charge in [-0.15, -0.1) is 12.3 Å². The highest BCUT2D eigenvalue weighted by Gasteiger charge is 2.14. The lowest BCUT2D eigenvalue weighted by Gasteiger charge is -2.23. The van der Waals surface area contributed by atoms with Crippen molar-refractivity contribution in [1.82, 2.24) is 10.6 Å². The minimum atomic E-state index is 0.0334. The molecule has 0 aromatic rings. The third kappa shape index (κ3) is 6.04. The Hall–Kier alpha value is -1.05. The van der Waals surface area contributed by atoms with Gasteiger partial charge in [-0.2, -0.15) is 0 Å². The highest BCUT2D eigenvalue weighted by molar-refractivity contribution is 5.76. The summed E-state index contributed by atoms with van der Waals surface area (Å²) in [4.78, 5) is 11.7. The summed E-state index contributed by atoms with van der Waals surface area (Å²) >= 11 is 0. The zero-order valence-electron chi connectivity index (χ0n) is 11.2. The van der Waals surface area contributed by atoms with E-state index in [0.29, 0.717) is 25.6 Å². The Balaban J connectivity index is 2.10. The fraction of sp³-hybridized carbons (Fsp3) is 0.786. The summed E-state index contributed by atoms with van der Waals surface area (Å²) < 4.78 is 5.69. The molecule has 4 heteroatoms. The topological polar surface area (TPSA) is 50.4 Å². The maximum absolute atomic E-state index is 11.7. The predicted molar refractivity (Wildman–Crippen MR) is 72.1 cm³/mol. The monoisotopic (exact) mass is 252 g/mol. The van der Waals surface area contributed by atoms with E-state index in [0.717, 1.165) is 32.4 Å². The summed E-state index contributed by atoms with van der Waals surface area (Å²) in [6, 6.07) is 0.0985. The number of rotatable bonds is 7. The van der Waals surface area contributed by atoms with Crippen LogP contribution in [-0.2, 0) is 9.53 Å². The van der Waals surface area contributed by atoms with Crippen LogP contribution in [0.3, 0.4) is 0 Å². The molecule has 102 valence electrons. The number of hydrogen-bond donors (Lipinski definition) is 2. The van der Waals surface area contributed by atoms with E-state index in [4.69, 9.17) is 11.2 Å². The number of hydrogen-bond acceptors (Lipinski definition) is 3. The van der Waals surface area contributed by atoms with Gasteiger partial charge < -0.3 is 15.4 Å². The molecular formula is C14H24N2O2. The molecule has 1 saturated heterocycles. The Morgan fingerprint density at radius 3 is 2.89 bits per heavy atom. The van der Waals surface area contributed by atoms with E-state index >= 15 is 0 Å². The fourth-order valence-corrected chi connectivity index (χ4v) is 2.02. The van der Waals surface area contributed by atoms with E-state index in [1.165, 1.54) is 0 Å². The molecule has 1 aliphatic heterocycles. The minimum absolute atomic E-state index is 0.0334. The van der Waals surface area contributed by atoms with Crippen molar-refractivity contribution in [3.05, 3.63) is 0 Å². The van der Waals surface area contributed by atoms with Gasteiger partial charge in [-0.3, -0.25) is 4.79 Å². The van der Waals surface area contributed by atoms with Gasteiger partial charge in [-0.05, 0) is 32.4 Å². The van der Waals surface area contributed by atoms with Crippen molar-refractivity contribution in [3.8, 4) is 12.3 Å². The van der Waals surface area contributed by atoms with Crippen LogP contribution in [0.15, 0.2) is 0 Å². The Kier molecular flexibility index (Phi) is 7.47. The molecule has 1 amide bonds. The van der Waals surface area contributed by atoms with Crippen LogP contribution in [0, 0.1) is 12.3 Å². The SMILES string of the molecule is C#CCC(CC)NC(=O)CCOC1CCNCC1. The molecule has 2 N–H and O–H groups in total. The molecule has 0 aliphatic carbocycles. The third-order valence-corrected chi connectivity index (χ3v) is 3.19. The molecular weight excluding hydrogens is 228 g/mol. The largest absolute Gasteiger partial charge is 0.378 e. The standard InChI is InChI=1S/C14H24N2O2/c1-3-5-12(4-2)16-14(17)8-11-18-13-6-9-15-10-7-13/h1,12-13,15H,4-11H2,2H3,(H,16,17). The Morgan fingerprint density at radius 2 is 2.28 bits per heavy atom. The van der Waals surface area contributed by atoms with Crippen LogP contribution in [0.5, 0.6) is 0 Å². The van der Waals surface area contributed by atoms with E-state index < -0.39 is 0 Å². The van der Waals surface area contributed by atoms with Crippen molar-refractivity contribution in [3.63, 3.8) is 0 Å². The number of ether oxygens (including phenoxy) is 1. The van der Waals surface area contributed by atoms with Gasteiger partial charge in [-0.1, -0.05) is 6.92 Å². The number of terminal acetylenes is 1. The number of carbonyl (C=O) groups excluding carboxylic acids is 1. The van der Waals surface area contributed by atoms with Gasteiger partial charge >= 0.3 is 0 Å². The number of amides is 1. The van der Waals surface area contributed by atoms with Crippen molar-refractivity contribution in [2.45, 2.75) is 51.2 Å². The van der Waals surface area contributed by atoms with Crippen LogP contribution >= 0.6 is 0 Å². The normalized spacial score (nSPS) is 18.0. The zero-order valence-corrected chi connectivity index (χ0v) is 11.2. The molecule has 1 rings (SSSR count). The lowest BCUT2D eigenvalue weighted by atomic mass is 10.1. The second-order valence-electron chi connectivity index (χ2n) is 4.65. The van der Waals surface area contributed by atoms with Gasteiger partial charge in [0.05, 0.1) is 12.7 Å². The third-order valence-electron chi connectivity index (χ3n) is 3.19. The van der Waals surface area contributed by atoms with E-state index in [2.05, 4.69) is 16.6 Å². The second kappa shape index (κ2) is 8.96. The first-order valence-electron chi connectivity index (χ1n) is 6.81. The van der Waals surface area contributed by atoms with Gasteiger partial charge in [0.1, 0.15) is 0 Å². The van der Waals surface area contributed by atoms with Crippen molar-refractivity contribution in [2.75, 3.05) is 19.7 Å². The molecule has 1 fully saturated rings. The van der Waals surface area contributed by atoms with Gasteiger partial charge in [-0.25, -0.2) is 0 Å². The summed E-state index contributed by atoms with van der Waals surface area (Å²) in [7, 11) is 0. The number of nitrogens with one attached hydrogen (secondary N) is 2. The molecule has 0 spiro atoms. The van der Waals surface area contributed by atoms with Crippen molar-refractivity contribution < 1.29 is 9.53 Å². The summed E-state index contributed by atoms with van der Waals surface area (Å²) in [5, 5.41) is 6.22. The lowest BCUT2D eigenvalue weighted by Crippen LogP contribution is -2.36. The van der Waals surface area contributed by atoms with Crippen LogP contribution in [0.1, 0.15) is 39.0 Å². The molecule has 1 aliphatic rings. The number of piperidine rings is 1. The van der Waals surface area contributed by atoms with Crippen LogP contribution < -0.4 is 10.6 Å². The molecule has 0 aromatic heterocycles. The van der Waals surface area contributed by atoms with Crippen molar-refractivity contribution >= 4 is 5.91 Å². The highest BCUT2D eigenvalue weighted by Crippen LogP contribution is 2.07. The Morgan fingerprint density at radius 1 is 1.56 bits per heavy atom. The molecule has 4 nitrogen and oxygen atoms in total. The van der Waals surface area contributed by atoms with Crippen molar-refractivity contribution in [2.24, 2.45) is 0 Å². The molecule has 0 radical (unpaired) electrons. The highest BCUT2D eigenvalue weighted by atomic mass is 16.5. The summed E-state index contributed by atoms with van der Waals surface area (Å²) in [5.41, 5.74) is 0. The number of carbonyl (C=O) groups is 1. The molecule has 0 bridgehead atoms. The van der Waals surface area contributed by atoms with Gasteiger partial charge in [0.25, 0.3) is 0 Å². The fourth-order valence-electron chi connectivity index (χ4n) is 2.02. The molecule has 0 saturated carbocycles. The molecule has 18 heavy (non-hydrogen) atoms. The van der Waals surface area contributed by atoms with Gasteiger partial charge in [0.15, 0.2) is 0 Å². The molecule has 1 heterocycles. The van der Waals surface area contributed by atoms with E-state index in [-0.39, 0.29) is 11.9 Å².